The number of halogens is 1. The highest BCUT2D eigenvalue weighted by Crippen LogP contribution is 2.27. The highest BCUT2D eigenvalue weighted by molar-refractivity contribution is 6.05. The molecule has 0 aromatic heterocycles. The highest BCUT2D eigenvalue weighted by atomic mass is 35.5. The van der Waals surface area contributed by atoms with Crippen LogP contribution in [-0.4, -0.2) is 35.2 Å². The first-order valence-electron chi connectivity index (χ1n) is 7.56. The van der Waals surface area contributed by atoms with E-state index in [1.54, 1.807) is 12.1 Å². The molecular formula is C17H18ClN3O3. The third-order valence-electron chi connectivity index (χ3n) is 4.03. The number of imide groups is 1. The molecule has 0 aliphatic carbocycles. The Morgan fingerprint density at radius 1 is 1.29 bits per heavy atom. The van der Waals surface area contributed by atoms with Crippen LogP contribution in [0.15, 0.2) is 18.2 Å². The second kappa shape index (κ2) is 7.47. The second-order valence-electron chi connectivity index (χ2n) is 5.61. The maximum absolute atomic E-state index is 12.5. The molecule has 7 heteroatoms. The van der Waals surface area contributed by atoms with Gasteiger partial charge in [-0.1, -0.05) is 11.8 Å². The van der Waals surface area contributed by atoms with E-state index < -0.39 is 11.9 Å². The number of carbonyl (C=O) groups excluding carboxylic acids is 3. The molecule has 1 saturated heterocycles. The molecule has 1 atom stereocenters. The number of piperidine rings is 1. The van der Waals surface area contributed by atoms with Crippen LogP contribution >= 0.6 is 12.4 Å². The Balaban J connectivity index is 0.00000208. The SMILES string of the molecule is Cl.NCCC#Cc1ccc2c(c1)CN(C1CCC(=O)NC1=O)C2=O. The van der Waals surface area contributed by atoms with Crippen molar-refractivity contribution in [2.75, 3.05) is 6.54 Å². The fourth-order valence-corrected chi connectivity index (χ4v) is 2.89. The maximum atomic E-state index is 12.5. The molecule has 126 valence electrons. The average Bonchev–Trinajstić information content (AvgIpc) is 2.84. The Bertz CT molecular complexity index is 751. The van der Waals surface area contributed by atoms with Gasteiger partial charge in [0, 0.05) is 37.1 Å². The van der Waals surface area contributed by atoms with Crippen molar-refractivity contribution in [1.82, 2.24) is 10.2 Å². The molecule has 1 aromatic carbocycles. The lowest BCUT2D eigenvalue weighted by Crippen LogP contribution is -2.52. The van der Waals surface area contributed by atoms with Crippen LogP contribution in [0.1, 0.15) is 40.7 Å². The van der Waals surface area contributed by atoms with Gasteiger partial charge in [-0.2, -0.15) is 0 Å². The molecule has 0 spiro atoms. The number of fused-ring (bicyclic) bond motifs is 1. The van der Waals surface area contributed by atoms with Gasteiger partial charge in [0.2, 0.25) is 11.8 Å². The monoisotopic (exact) mass is 347 g/mol. The van der Waals surface area contributed by atoms with Crippen LogP contribution in [0.25, 0.3) is 0 Å². The summed E-state index contributed by atoms with van der Waals surface area (Å²) in [5.41, 5.74) is 7.69. The Labute approximate surface area is 146 Å². The number of hydrogen-bond donors (Lipinski definition) is 2. The van der Waals surface area contributed by atoms with Gasteiger partial charge in [0.15, 0.2) is 0 Å². The molecule has 2 aliphatic heterocycles. The van der Waals surface area contributed by atoms with Gasteiger partial charge in [0.25, 0.3) is 5.91 Å². The summed E-state index contributed by atoms with van der Waals surface area (Å²) in [4.78, 5) is 37.2. The summed E-state index contributed by atoms with van der Waals surface area (Å²) >= 11 is 0. The van der Waals surface area contributed by atoms with E-state index in [0.717, 1.165) is 11.1 Å². The first kappa shape index (κ1) is 18.0. The Morgan fingerprint density at radius 3 is 2.79 bits per heavy atom. The lowest BCUT2D eigenvalue weighted by molar-refractivity contribution is -0.136. The maximum Gasteiger partial charge on any atom is 0.255 e. The van der Waals surface area contributed by atoms with Crippen LogP contribution < -0.4 is 11.1 Å². The summed E-state index contributed by atoms with van der Waals surface area (Å²) in [6, 6.07) is 4.84. The van der Waals surface area contributed by atoms with Gasteiger partial charge in [-0.15, -0.1) is 12.4 Å². The highest BCUT2D eigenvalue weighted by Gasteiger charge is 2.38. The molecule has 24 heavy (non-hydrogen) atoms. The Morgan fingerprint density at radius 2 is 2.08 bits per heavy atom. The van der Waals surface area contributed by atoms with Crippen molar-refractivity contribution < 1.29 is 14.4 Å². The van der Waals surface area contributed by atoms with E-state index in [1.165, 1.54) is 4.90 Å². The zero-order valence-electron chi connectivity index (χ0n) is 13.0. The summed E-state index contributed by atoms with van der Waals surface area (Å²) in [7, 11) is 0. The topological polar surface area (TPSA) is 92.5 Å². The molecule has 2 aliphatic rings. The van der Waals surface area contributed by atoms with Gasteiger partial charge in [-0.05, 0) is 30.2 Å². The summed E-state index contributed by atoms with van der Waals surface area (Å²) < 4.78 is 0. The smallest absolute Gasteiger partial charge is 0.255 e. The summed E-state index contributed by atoms with van der Waals surface area (Å²) in [5, 5.41) is 2.29. The predicted molar refractivity (Wildman–Crippen MR) is 90.3 cm³/mol. The van der Waals surface area contributed by atoms with Crippen molar-refractivity contribution in [2.45, 2.75) is 31.8 Å². The van der Waals surface area contributed by atoms with Gasteiger partial charge >= 0.3 is 0 Å². The minimum atomic E-state index is -0.584. The van der Waals surface area contributed by atoms with Gasteiger partial charge in [-0.3, -0.25) is 19.7 Å². The van der Waals surface area contributed by atoms with Crippen molar-refractivity contribution >= 4 is 30.1 Å². The van der Waals surface area contributed by atoms with Crippen LogP contribution in [0.3, 0.4) is 0 Å². The van der Waals surface area contributed by atoms with Crippen molar-refractivity contribution in [2.24, 2.45) is 5.73 Å². The normalized spacial score (nSPS) is 19.1. The molecule has 1 aromatic rings. The average molecular weight is 348 g/mol. The van der Waals surface area contributed by atoms with E-state index in [9.17, 15) is 14.4 Å². The number of hydrogen-bond acceptors (Lipinski definition) is 4. The molecular weight excluding hydrogens is 330 g/mol. The summed E-state index contributed by atoms with van der Waals surface area (Å²) in [6.45, 7) is 0.882. The fourth-order valence-electron chi connectivity index (χ4n) is 2.89. The standard InChI is InChI=1S/C17H17N3O3.ClH/c18-8-2-1-3-11-4-5-13-12(9-11)10-20(17(13)23)14-6-7-15(21)19-16(14)22;/h4-5,9,14H,2,6-8,10,18H2,(H,19,21,22);1H. The molecule has 3 rings (SSSR count). The molecule has 6 nitrogen and oxygen atoms in total. The zero-order valence-corrected chi connectivity index (χ0v) is 13.8. The number of rotatable bonds is 2. The van der Waals surface area contributed by atoms with Gasteiger partial charge in [0.1, 0.15) is 6.04 Å². The number of nitrogens with zero attached hydrogens (tertiary/aromatic N) is 1. The third-order valence-corrected chi connectivity index (χ3v) is 4.03. The number of nitrogens with two attached hydrogens (primary N) is 1. The molecule has 2 heterocycles. The van der Waals surface area contributed by atoms with Crippen molar-refractivity contribution in [1.29, 1.82) is 0 Å². The molecule has 0 bridgehead atoms. The van der Waals surface area contributed by atoms with Crippen molar-refractivity contribution in [3.05, 3.63) is 34.9 Å². The van der Waals surface area contributed by atoms with Gasteiger partial charge in [-0.25, -0.2) is 0 Å². The minimum Gasteiger partial charge on any atom is -0.330 e. The van der Waals surface area contributed by atoms with E-state index in [-0.39, 0.29) is 30.6 Å². The van der Waals surface area contributed by atoms with Crippen LogP contribution in [0, 0.1) is 11.8 Å². The van der Waals surface area contributed by atoms with Crippen LogP contribution in [0.2, 0.25) is 0 Å². The second-order valence-corrected chi connectivity index (χ2v) is 5.61. The summed E-state index contributed by atoms with van der Waals surface area (Å²) in [5.74, 6) is 5.13. The largest absolute Gasteiger partial charge is 0.330 e. The molecule has 1 unspecified atom stereocenters. The van der Waals surface area contributed by atoms with Crippen molar-refractivity contribution in [3.63, 3.8) is 0 Å². The van der Waals surface area contributed by atoms with Crippen LogP contribution in [0.4, 0.5) is 0 Å². The molecule has 3 N–H and O–H groups in total. The molecule has 1 fully saturated rings. The van der Waals surface area contributed by atoms with Gasteiger partial charge < -0.3 is 10.6 Å². The first-order chi connectivity index (χ1) is 11.1. The van der Waals surface area contributed by atoms with E-state index >= 15 is 0 Å². The molecule has 3 amide bonds. The minimum absolute atomic E-state index is 0. The summed E-state index contributed by atoms with van der Waals surface area (Å²) in [6.07, 6.45) is 1.25. The van der Waals surface area contributed by atoms with E-state index in [0.29, 0.717) is 31.5 Å². The number of carbonyl (C=O) groups is 3. The molecule has 0 saturated carbocycles. The lowest BCUT2D eigenvalue weighted by atomic mass is 10.0. The van der Waals surface area contributed by atoms with Crippen molar-refractivity contribution in [3.8, 4) is 11.8 Å². The van der Waals surface area contributed by atoms with Gasteiger partial charge in [0.05, 0.1) is 0 Å². The van der Waals surface area contributed by atoms with E-state index in [1.807, 2.05) is 6.07 Å². The van der Waals surface area contributed by atoms with Crippen LogP contribution in [-0.2, 0) is 16.1 Å². The fraction of sp³-hybridized carbons (Fsp3) is 0.353. The van der Waals surface area contributed by atoms with Crippen LogP contribution in [0.5, 0.6) is 0 Å². The lowest BCUT2D eigenvalue weighted by Gasteiger charge is -2.29. The first-order valence-corrected chi connectivity index (χ1v) is 7.56. The third kappa shape index (κ3) is 3.42. The zero-order chi connectivity index (χ0) is 16.4. The number of amides is 3. The Kier molecular flexibility index (Phi) is 5.60. The number of nitrogens with one attached hydrogen (secondary N) is 1. The molecule has 0 radical (unpaired) electrons. The predicted octanol–water partition coefficient (Wildman–Crippen LogP) is 0.570. The number of benzene rings is 1. The van der Waals surface area contributed by atoms with E-state index in [2.05, 4.69) is 17.2 Å². The Hall–Kier alpha value is -2.36. The van der Waals surface area contributed by atoms with E-state index in [4.69, 9.17) is 5.73 Å². The quantitative estimate of drug-likeness (QED) is 0.604.